The summed E-state index contributed by atoms with van der Waals surface area (Å²) >= 11 is 0. The third kappa shape index (κ3) is 4.41. The van der Waals surface area contributed by atoms with Crippen LogP contribution in [0.4, 0.5) is 5.69 Å². The normalized spacial score (nSPS) is 11.8. The van der Waals surface area contributed by atoms with Crippen molar-refractivity contribution in [3.63, 3.8) is 0 Å². The van der Waals surface area contributed by atoms with E-state index in [1.54, 1.807) is 12.1 Å². The SMILES string of the molecule is CS(=O)(=O)c1cccc(-n2ccc(=O)c(/C(=C/C=N)Nc3ccccc3)n2)c1. The van der Waals surface area contributed by atoms with E-state index in [1.165, 1.54) is 35.2 Å². The number of anilines is 1. The van der Waals surface area contributed by atoms with Gasteiger partial charge in [0.25, 0.3) is 0 Å². The summed E-state index contributed by atoms with van der Waals surface area (Å²) in [5.41, 5.74) is 1.39. The van der Waals surface area contributed by atoms with Gasteiger partial charge in [-0.3, -0.25) is 4.79 Å². The molecule has 0 saturated carbocycles. The average Bonchev–Trinajstić information content (AvgIpc) is 2.68. The zero-order chi connectivity index (χ0) is 20.1. The summed E-state index contributed by atoms with van der Waals surface area (Å²) < 4.78 is 25.0. The number of nitrogens with zero attached hydrogens (tertiary/aromatic N) is 2. The molecule has 0 amide bonds. The van der Waals surface area contributed by atoms with Crippen LogP contribution in [-0.2, 0) is 9.84 Å². The van der Waals surface area contributed by atoms with Gasteiger partial charge < -0.3 is 10.7 Å². The first-order chi connectivity index (χ1) is 13.4. The molecule has 28 heavy (non-hydrogen) atoms. The van der Waals surface area contributed by atoms with Crippen molar-refractivity contribution >= 4 is 27.4 Å². The van der Waals surface area contributed by atoms with E-state index in [0.717, 1.165) is 18.2 Å². The van der Waals surface area contributed by atoms with E-state index in [2.05, 4.69) is 10.4 Å². The van der Waals surface area contributed by atoms with Crippen LogP contribution in [0.5, 0.6) is 0 Å². The number of sulfone groups is 1. The minimum Gasteiger partial charge on any atom is -0.354 e. The third-order valence-electron chi connectivity index (χ3n) is 3.88. The van der Waals surface area contributed by atoms with E-state index in [-0.39, 0.29) is 16.0 Å². The molecule has 0 saturated heterocycles. The van der Waals surface area contributed by atoms with E-state index in [4.69, 9.17) is 5.41 Å². The standard InChI is InChI=1S/C20H18N4O3S/c1-28(26,27)17-9-5-8-16(14-17)24-13-11-19(25)20(23-24)18(10-12-21)22-15-6-3-2-4-7-15/h2-14,21-22H,1H3/b18-10-,21-12?. The predicted octanol–water partition coefficient (Wildman–Crippen LogP) is 2.74. The Morgan fingerprint density at radius 1 is 1.11 bits per heavy atom. The molecule has 7 nitrogen and oxygen atoms in total. The molecule has 0 fully saturated rings. The minimum atomic E-state index is -3.37. The first-order valence-corrected chi connectivity index (χ1v) is 10.2. The molecule has 0 aliphatic rings. The van der Waals surface area contributed by atoms with Gasteiger partial charge >= 0.3 is 0 Å². The topological polar surface area (TPSA) is 105 Å². The summed E-state index contributed by atoms with van der Waals surface area (Å²) in [6.07, 6.45) is 5.10. The minimum absolute atomic E-state index is 0.111. The van der Waals surface area contributed by atoms with Gasteiger partial charge in [0.05, 0.1) is 16.3 Å². The molecule has 0 unspecified atom stereocenters. The summed E-state index contributed by atoms with van der Waals surface area (Å²) in [7, 11) is -3.37. The van der Waals surface area contributed by atoms with Crippen molar-refractivity contribution in [2.24, 2.45) is 0 Å². The second-order valence-corrected chi connectivity index (χ2v) is 8.00. The number of benzene rings is 2. The van der Waals surface area contributed by atoms with Gasteiger partial charge in [0.1, 0.15) is 0 Å². The molecule has 142 valence electrons. The lowest BCUT2D eigenvalue weighted by Gasteiger charge is -2.12. The Hall–Kier alpha value is -3.52. The molecule has 0 aliphatic carbocycles. The molecular formula is C20H18N4O3S. The molecule has 3 rings (SSSR count). The van der Waals surface area contributed by atoms with Crippen LogP contribution in [0.1, 0.15) is 5.69 Å². The van der Waals surface area contributed by atoms with E-state index < -0.39 is 9.84 Å². The molecule has 0 radical (unpaired) electrons. The second-order valence-electron chi connectivity index (χ2n) is 5.98. The average molecular weight is 394 g/mol. The zero-order valence-corrected chi connectivity index (χ0v) is 15.8. The molecule has 0 bridgehead atoms. The van der Waals surface area contributed by atoms with Crippen molar-refractivity contribution in [2.45, 2.75) is 4.90 Å². The monoisotopic (exact) mass is 394 g/mol. The van der Waals surface area contributed by atoms with Gasteiger partial charge in [0.15, 0.2) is 15.5 Å². The summed E-state index contributed by atoms with van der Waals surface area (Å²) in [5.74, 6) is 0. The highest BCUT2D eigenvalue weighted by Crippen LogP contribution is 2.17. The molecule has 8 heteroatoms. The van der Waals surface area contributed by atoms with E-state index in [1.807, 2.05) is 30.3 Å². The maximum atomic E-state index is 12.4. The van der Waals surface area contributed by atoms with Crippen LogP contribution in [0.25, 0.3) is 11.4 Å². The van der Waals surface area contributed by atoms with Crippen molar-refractivity contribution in [3.8, 4) is 5.69 Å². The summed E-state index contributed by atoms with van der Waals surface area (Å²) in [4.78, 5) is 12.6. The van der Waals surface area contributed by atoms with Gasteiger partial charge in [-0.25, -0.2) is 13.1 Å². The second kappa shape index (κ2) is 8.01. The number of rotatable bonds is 6. The lowest BCUT2D eigenvalue weighted by Crippen LogP contribution is -2.18. The van der Waals surface area contributed by atoms with Gasteiger partial charge in [0, 0.05) is 30.4 Å². The highest BCUT2D eigenvalue weighted by molar-refractivity contribution is 7.90. The van der Waals surface area contributed by atoms with Crippen molar-refractivity contribution in [1.82, 2.24) is 9.78 Å². The maximum Gasteiger partial charge on any atom is 0.209 e. The zero-order valence-electron chi connectivity index (χ0n) is 15.0. The number of para-hydroxylation sites is 1. The number of allylic oxidation sites excluding steroid dienone is 1. The fourth-order valence-corrected chi connectivity index (χ4v) is 3.20. The highest BCUT2D eigenvalue weighted by atomic mass is 32.2. The Morgan fingerprint density at radius 3 is 2.54 bits per heavy atom. The van der Waals surface area contributed by atoms with Gasteiger partial charge in [-0.2, -0.15) is 5.10 Å². The van der Waals surface area contributed by atoms with E-state index in [9.17, 15) is 13.2 Å². The van der Waals surface area contributed by atoms with Crippen molar-refractivity contribution < 1.29 is 8.42 Å². The van der Waals surface area contributed by atoms with Crippen LogP contribution in [0, 0.1) is 5.41 Å². The first kappa shape index (κ1) is 19.2. The maximum absolute atomic E-state index is 12.4. The Bertz CT molecular complexity index is 1200. The van der Waals surface area contributed by atoms with Crippen LogP contribution >= 0.6 is 0 Å². The largest absolute Gasteiger partial charge is 0.354 e. The highest BCUT2D eigenvalue weighted by Gasteiger charge is 2.12. The molecule has 2 N–H and O–H groups in total. The van der Waals surface area contributed by atoms with Crippen LogP contribution in [0.3, 0.4) is 0 Å². The van der Waals surface area contributed by atoms with Crippen LogP contribution in [0.15, 0.2) is 82.6 Å². The molecule has 0 spiro atoms. The van der Waals surface area contributed by atoms with Gasteiger partial charge in [-0.1, -0.05) is 24.3 Å². The number of nitrogens with one attached hydrogen (secondary N) is 2. The van der Waals surface area contributed by atoms with Crippen LogP contribution < -0.4 is 10.7 Å². The molecule has 0 aliphatic heterocycles. The quantitative estimate of drug-likeness (QED) is 0.626. The molecule has 1 aromatic heterocycles. The van der Waals surface area contributed by atoms with Crippen LogP contribution in [0.2, 0.25) is 0 Å². The molecule has 0 atom stereocenters. The lowest BCUT2D eigenvalue weighted by atomic mass is 10.2. The van der Waals surface area contributed by atoms with Crippen molar-refractivity contribution in [2.75, 3.05) is 11.6 Å². The molecular weight excluding hydrogens is 376 g/mol. The van der Waals surface area contributed by atoms with Gasteiger partial charge in [-0.15, -0.1) is 0 Å². The molecule has 2 aromatic carbocycles. The summed E-state index contributed by atoms with van der Waals surface area (Å²) in [5, 5.41) is 14.8. The Labute approximate surface area is 162 Å². The van der Waals surface area contributed by atoms with E-state index >= 15 is 0 Å². The van der Waals surface area contributed by atoms with Crippen LogP contribution in [-0.4, -0.2) is 30.7 Å². The fourth-order valence-electron chi connectivity index (χ4n) is 2.53. The Balaban J connectivity index is 2.07. The Kier molecular flexibility index (Phi) is 5.51. The number of hydrogen-bond donors (Lipinski definition) is 2. The fraction of sp³-hybridized carbons (Fsp3) is 0.0500. The Morgan fingerprint density at radius 2 is 1.86 bits per heavy atom. The smallest absolute Gasteiger partial charge is 0.209 e. The third-order valence-corrected chi connectivity index (χ3v) is 4.99. The van der Waals surface area contributed by atoms with Crippen molar-refractivity contribution in [1.29, 1.82) is 5.41 Å². The number of hydrogen-bond acceptors (Lipinski definition) is 6. The lowest BCUT2D eigenvalue weighted by molar-refractivity contribution is 0.601. The van der Waals surface area contributed by atoms with Crippen molar-refractivity contribution in [3.05, 3.63) is 88.9 Å². The number of aromatic nitrogens is 2. The molecule has 3 aromatic rings. The molecule has 1 heterocycles. The first-order valence-electron chi connectivity index (χ1n) is 8.32. The predicted molar refractivity (Wildman–Crippen MR) is 110 cm³/mol. The summed E-state index contributed by atoms with van der Waals surface area (Å²) in [6, 6.07) is 16.9. The van der Waals surface area contributed by atoms with Gasteiger partial charge in [0.2, 0.25) is 5.43 Å². The van der Waals surface area contributed by atoms with E-state index in [0.29, 0.717) is 11.4 Å². The van der Waals surface area contributed by atoms with Gasteiger partial charge in [-0.05, 0) is 36.4 Å². The summed E-state index contributed by atoms with van der Waals surface area (Å²) in [6.45, 7) is 0.